The van der Waals surface area contributed by atoms with Crippen molar-refractivity contribution in [2.24, 2.45) is 0 Å². The average molecular weight is 345 g/mol. The van der Waals surface area contributed by atoms with E-state index in [0.717, 1.165) is 56.1 Å². The van der Waals surface area contributed by atoms with Crippen LogP contribution in [0.15, 0.2) is 12.7 Å². The fourth-order valence-corrected chi connectivity index (χ4v) is 4.29. The van der Waals surface area contributed by atoms with Crippen LogP contribution in [0.1, 0.15) is 53.8 Å². The Kier molecular flexibility index (Phi) is 5.84. The van der Waals surface area contributed by atoms with Gasteiger partial charge in [-0.1, -0.05) is 25.3 Å². The molecular weight excluding hydrogens is 314 g/mol. The van der Waals surface area contributed by atoms with E-state index in [9.17, 15) is 4.79 Å². The molecular formula is C20H31N3O2. The standard InChI is InChI=1S/C20H31N3O2/c1-4-10-23-16(3)18(22-11-13-25-14-12-22)15(2)19(23)20(24)21-17-8-6-5-7-9-17/h4,17H,1,5-14H2,2-3H3,(H,21,24). The molecule has 1 amide bonds. The number of amides is 1. The van der Waals surface area contributed by atoms with Crippen LogP contribution in [0.5, 0.6) is 0 Å². The zero-order valence-corrected chi connectivity index (χ0v) is 15.6. The maximum atomic E-state index is 13.1. The SMILES string of the molecule is C=CCn1c(C)c(N2CCOCC2)c(C)c1C(=O)NC1CCCCC1. The molecule has 1 saturated heterocycles. The van der Waals surface area contributed by atoms with E-state index < -0.39 is 0 Å². The number of hydrogen-bond donors (Lipinski definition) is 1. The Bertz CT molecular complexity index is 623. The first-order valence-electron chi connectivity index (χ1n) is 9.57. The van der Waals surface area contributed by atoms with Crippen LogP contribution in [-0.2, 0) is 11.3 Å². The zero-order valence-electron chi connectivity index (χ0n) is 15.6. The van der Waals surface area contributed by atoms with Gasteiger partial charge in [0.2, 0.25) is 0 Å². The molecule has 138 valence electrons. The Morgan fingerprint density at radius 2 is 1.92 bits per heavy atom. The van der Waals surface area contributed by atoms with Crippen molar-refractivity contribution in [1.82, 2.24) is 9.88 Å². The van der Waals surface area contributed by atoms with Crippen LogP contribution in [0.3, 0.4) is 0 Å². The molecule has 1 saturated carbocycles. The molecule has 0 spiro atoms. The summed E-state index contributed by atoms with van der Waals surface area (Å²) in [4.78, 5) is 15.4. The van der Waals surface area contributed by atoms with Gasteiger partial charge in [0, 0.05) is 36.9 Å². The maximum absolute atomic E-state index is 13.1. The van der Waals surface area contributed by atoms with Gasteiger partial charge in [-0.25, -0.2) is 0 Å². The molecule has 3 rings (SSSR count). The van der Waals surface area contributed by atoms with Gasteiger partial charge in [0.05, 0.1) is 18.9 Å². The lowest BCUT2D eigenvalue weighted by atomic mass is 9.95. The summed E-state index contributed by atoms with van der Waals surface area (Å²) >= 11 is 0. The number of carbonyl (C=O) groups excluding carboxylic acids is 1. The van der Waals surface area contributed by atoms with Crippen LogP contribution in [0.4, 0.5) is 5.69 Å². The van der Waals surface area contributed by atoms with Crippen molar-refractivity contribution >= 4 is 11.6 Å². The Balaban J connectivity index is 1.90. The third-order valence-corrected chi connectivity index (χ3v) is 5.52. The molecule has 1 N–H and O–H groups in total. The second kappa shape index (κ2) is 8.09. The molecule has 2 aliphatic rings. The van der Waals surface area contributed by atoms with E-state index in [0.29, 0.717) is 12.6 Å². The van der Waals surface area contributed by atoms with Crippen molar-refractivity contribution in [3.8, 4) is 0 Å². The first kappa shape index (κ1) is 18.1. The monoisotopic (exact) mass is 345 g/mol. The molecule has 0 radical (unpaired) electrons. The summed E-state index contributed by atoms with van der Waals surface area (Å²) in [7, 11) is 0. The van der Waals surface area contributed by atoms with E-state index in [4.69, 9.17) is 4.74 Å². The second-order valence-electron chi connectivity index (χ2n) is 7.21. The van der Waals surface area contributed by atoms with E-state index in [1.807, 2.05) is 6.08 Å². The minimum atomic E-state index is 0.0638. The summed E-state index contributed by atoms with van der Waals surface area (Å²) in [5.41, 5.74) is 4.21. The fourth-order valence-electron chi connectivity index (χ4n) is 4.29. The molecule has 1 aromatic heterocycles. The van der Waals surface area contributed by atoms with Gasteiger partial charge in [-0.2, -0.15) is 0 Å². The smallest absolute Gasteiger partial charge is 0.268 e. The predicted octanol–water partition coefficient (Wildman–Crippen LogP) is 3.19. The van der Waals surface area contributed by atoms with Crippen LogP contribution < -0.4 is 10.2 Å². The molecule has 2 fully saturated rings. The third-order valence-electron chi connectivity index (χ3n) is 5.52. The van der Waals surface area contributed by atoms with Crippen LogP contribution in [-0.4, -0.2) is 42.8 Å². The molecule has 5 nitrogen and oxygen atoms in total. The van der Waals surface area contributed by atoms with Crippen LogP contribution in [0, 0.1) is 13.8 Å². The van der Waals surface area contributed by atoms with Crippen LogP contribution in [0.2, 0.25) is 0 Å². The van der Waals surface area contributed by atoms with E-state index in [1.54, 1.807) is 0 Å². The number of anilines is 1. The molecule has 0 unspecified atom stereocenters. The predicted molar refractivity (Wildman–Crippen MR) is 101 cm³/mol. The number of morpholine rings is 1. The number of rotatable bonds is 5. The normalized spacial score (nSPS) is 19.0. The average Bonchev–Trinajstić information content (AvgIpc) is 2.87. The van der Waals surface area contributed by atoms with Crippen molar-refractivity contribution in [2.75, 3.05) is 31.2 Å². The van der Waals surface area contributed by atoms with Gasteiger partial charge in [0.25, 0.3) is 5.91 Å². The summed E-state index contributed by atoms with van der Waals surface area (Å²) in [5.74, 6) is 0.0638. The molecule has 1 aromatic rings. The molecule has 1 aliphatic heterocycles. The lowest BCUT2D eigenvalue weighted by Crippen LogP contribution is -2.38. The lowest BCUT2D eigenvalue weighted by Gasteiger charge is -2.29. The Hall–Kier alpha value is -1.75. The van der Waals surface area contributed by atoms with Crippen molar-refractivity contribution < 1.29 is 9.53 Å². The van der Waals surface area contributed by atoms with Gasteiger partial charge in [0.1, 0.15) is 5.69 Å². The largest absolute Gasteiger partial charge is 0.378 e. The highest BCUT2D eigenvalue weighted by atomic mass is 16.5. The fraction of sp³-hybridized carbons (Fsp3) is 0.650. The number of hydrogen-bond acceptors (Lipinski definition) is 3. The first-order valence-corrected chi connectivity index (χ1v) is 9.57. The van der Waals surface area contributed by atoms with Crippen molar-refractivity contribution in [3.63, 3.8) is 0 Å². The van der Waals surface area contributed by atoms with Gasteiger partial charge in [-0.15, -0.1) is 6.58 Å². The van der Waals surface area contributed by atoms with Gasteiger partial charge in [-0.3, -0.25) is 4.79 Å². The highest BCUT2D eigenvalue weighted by molar-refractivity contribution is 5.96. The quantitative estimate of drug-likeness (QED) is 0.834. The van der Waals surface area contributed by atoms with Gasteiger partial charge in [0.15, 0.2) is 0 Å². The molecule has 1 aliphatic carbocycles. The van der Waals surface area contributed by atoms with E-state index in [1.165, 1.54) is 24.9 Å². The third kappa shape index (κ3) is 3.76. The van der Waals surface area contributed by atoms with Crippen molar-refractivity contribution in [3.05, 3.63) is 29.6 Å². The number of ether oxygens (including phenoxy) is 1. The lowest BCUT2D eigenvalue weighted by molar-refractivity contribution is 0.0918. The van der Waals surface area contributed by atoms with Gasteiger partial charge >= 0.3 is 0 Å². The zero-order chi connectivity index (χ0) is 17.8. The first-order chi connectivity index (χ1) is 12.1. The summed E-state index contributed by atoms with van der Waals surface area (Å²) in [6, 6.07) is 0.319. The van der Waals surface area contributed by atoms with Crippen LogP contribution in [0.25, 0.3) is 0 Å². The highest BCUT2D eigenvalue weighted by Crippen LogP contribution is 2.32. The Morgan fingerprint density at radius 1 is 1.24 bits per heavy atom. The summed E-state index contributed by atoms with van der Waals surface area (Å²) in [6.07, 6.45) is 7.79. The molecule has 5 heteroatoms. The number of carbonyl (C=O) groups is 1. The summed E-state index contributed by atoms with van der Waals surface area (Å²) < 4.78 is 7.61. The number of nitrogens with zero attached hydrogens (tertiary/aromatic N) is 2. The number of aromatic nitrogens is 1. The topological polar surface area (TPSA) is 46.5 Å². The minimum absolute atomic E-state index is 0.0638. The van der Waals surface area contributed by atoms with E-state index in [2.05, 4.69) is 35.2 Å². The molecule has 25 heavy (non-hydrogen) atoms. The van der Waals surface area contributed by atoms with Crippen LogP contribution >= 0.6 is 0 Å². The Morgan fingerprint density at radius 3 is 2.56 bits per heavy atom. The Labute approximate surface area is 151 Å². The summed E-state index contributed by atoms with van der Waals surface area (Å²) in [5, 5.41) is 3.28. The highest BCUT2D eigenvalue weighted by Gasteiger charge is 2.27. The molecule has 0 atom stereocenters. The number of nitrogens with one attached hydrogen (secondary N) is 1. The molecule has 0 aromatic carbocycles. The summed E-state index contributed by atoms with van der Waals surface area (Å²) in [6.45, 7) is 12.0. The van der Waals surface area contributed by atoms with Crippen molar-refractivity contribution in [1.29, 1.82) is 0 Å². The van der Waals surface area contributed by atoms with E-state index >= 15 is 0 Å². The van der Waals surface area contributed by atoms with Crippen molar-refractivity contribution in [2.45, 2.75) is 58.5 Å². The number of allylic oxidation sites excluding steroid dienone is 1. The maximum Gasteiger partial charge on any atom is 0.268 e. The minimum Gasteiger partial charge on any atom is -0.378 e. The molecule has 2 heterocycles. The van der Waals surface area contributed by atoms with E-state index in [-0.39, 0.29) is 5.91 Å². The van der Waals surface area contributed by atoms with Gasteiger partial charge in [-0.05, 0) is 26.7 Å². The molecule has 0 bridgehead atoms. The second-order valence-corrected chi connectivity index (χ2v) is 7.21. The van der Waals surface area contributed by atoms with Gasteiger partial charge < -0.3 is 19.5 Å².